The minimum absolute atomic E-state index is 0.665. The van der Waals surface area contributed by atoms with Gasteiger partial charge in [0.1, 0.15) is 5.82 Å². The number of hydrogen-bond acceptors (Lipinski definition) is 3. The summed E-state index contributed by atoms with van der Waals surface area (Å²) in [6.45, 7) is 0. The van der Waals surface area contributed by atoms with Crippen LogP contribution < -0.4 is 5.32 Å². The highest BCUT2D eigenvalue weighted by Gasteiger charge is 2.47. The Morgan fingerprint density at radius 3 is 2.50 bits per heavy atom. The number of anilines is 1. The van der Waals surface area contributed by atoms with Crippen molar-refractivity contribution in [2.45, 2.75) is 25.2 Å². The third-order valence-corrected chi connectivity index (χ3v) is 3.74. The first-order valence-electron chi connectivity index (χ1n) is 5.36. The summed E-state index contributed by atoms with van der Waals surface area (Å²) >= 11 is 0. The molecular weight excluding hydrogens is 176 g/mol. The third-order valence-electron chi connectivity index (χ3n) is 3.74. The van der Waals surface area contributed by atoms with E-state index in [1.165, 1.54) is 25.1 Å². The van der Waals surface area contributed by atoms with E-state index in [0.29, 0.717) is 5.92 Å². The number of hydrogen-bond donors (Lipinski definition) is 1. The summed E-state index contributed by atoms with van der Waals surface area (Å²) in [6.07, 6.45) is 4.13. The zero-order valence-corrected chi connectivity index (χ0v) is 8.70. The van der Waals surface area contributed by atoms with Crippen molar-refractivity contribution in [2.75, 3.05) is 12.4 Å². The van der Waals surface area contributed by atoms with Gasteiger partial charge in [0.15, 0.2) is 0 Å². The Bertz CT molecular complexity index is 347. The highest BCUT2D eigenvalue weighted by atomic mass is 15.3. The predicted molar refractivity (Wildman–Crippen MR) is 54.1 cm³/mol. The van der Waals surface area contributed by atoms with Crippen molar-refractivity contribution in [3.8, 4) is 0 Å². The predicted octanol–water partition coefficient (Wildman–Crippen LogP) is 1.37. The van der Waals surface area contributed by atoms with E-state index in [4.69, 9.17) is 0 Å². The molecule has 4 heteroatoms. The number of fused-ring (bicyclic) bond motifs is 1. The van der Waals surface area contributed by atoms with Crippen molar-refractivity contribution < 1.29 is 0 Å². The first kappa shape index (κ1) is 8.26. The first-order valence-corrected chi connectivity index (χ1v) is 5.36. The second-order valence-corrected chi connectivity index (χ2v) is 4.62. The average Bonchev–Trinajstić information content (AvgIpc) is 2.65. The molecule has 0 amide bonds. The summed E-state index contributed by atoms with van der Waals surface area (Å²) in [5.41, 5.74) is 0. The third kappa shape index (κ3) is 1.06. The average molecular weight is 192 g/mol. The highest BCUT2D eigenvalue weighted by Crippen LogP contribution is 2.57. The van der Waals surface area contributed by atoms with E-state index in [0.717, 1.165) is 17.8 Å². The van der Waals surface area contributed by atoms with E-state index in [-0.39, 0.29) is 0 Å². The number of nitrogens with zero attached hydrogens (tertiary/aromatic N) is 3. The van der Waals surface area contributed by atoms with Crippen LogP contribution in [-0.2, 0) is 7.05 Å². The van der Waals surface area contributed by atoms with Gasteiger partial charge in [0.25, 0.3) is 0 Å². The van der Waals surface area contributed by atoms with Gasteiger partial charge in [-0.05, 0) is 31.1 Å². The lowest BCUT2D eigenvalue weighted by atomic mass is 10.0. The van der Waals surface area contributed by atoms with Gasteiger partial charge < -0.3 is 9.88 Å². The lowest BCUT2D eigenvalue weighted by Crippen LogP contribution is -2.06. The van der Waals surface area contributed by atoms with Gasteiger partial charge in [-0.2, -0.15) is 0 Å². The molecule has 76 valence electrons. The Hall–Kier alpha value is -1.06. The molecule has 2 atom stereocenters. The fourth-order valence-corrected chi connectivity index (χ4v) is 2.84. The molecule has 0 aliphatic heterocycles. The Morgan fingerprint density at radius 1 is 1.21 bits per heavy atom. The topological polar surface area (TPSA) is 42.7 Å². The lowest BCUT2D eigenvalue weighted by molar-refractivity contribution is 0.567. The lowest BCUT2D eigenvalue weighted by Gasteiger charge is -2.10. The summed E-state index contributed by atoms with van der Waals surface area (Å²) < 4.78 is 2.09. The Labute approximate surface area is 83.7 Å². The zero-order chi connectivity index (χ0) is 9.71. The van der Waals surface area contributed by atoms with E-state index in [9.17, 15) is 0 Å². The molecule has 2 unspecified atom stereocenters. The first-order chi connectivity index (χ1) is 6.79. The molecule has 2 aliphatic rings. The van der Waals surface area contributed by atoms with Crippen LogP contribution in [0.1, 0.15) is 31.0 Å². The molecule has 1 aromatic rings. The summed E-state index contributed by atoms with van der Waals surface area (Å²) in [5.74, 6) is 4.73. The van der Waals surface area contributed by atoms with Crippen LogP contribution in [0.2, 0.25) is 0 Å². The van der Waals surface area contributed by atoms with Gasteiger partial charge in [0, 0.05) is 20.0 Å². The van der Waals surface area contributed by atoms with Crippen LogP contribution in [0.5, 0.6) is 0 Å². The molecule has 1 N–H and O–H groups in total. The molecule has 1 heterocycles. The Morgan fingerprint density at radius 2 is 1.93 bits per heavy atom. The molecule has 4 nitrogen and oxygen atoms in total. The standard InChI is InChI=1S/C10H16N4/c1-11-10-13-12-9(14(10)2)8-4-6-3-7(6)5-8/h6-8H,3-5H2,1-2H3,(H,11,13). The maximum atomic E-state index is 4.27. The highest BCUT2D eigenvalue weighted by molar-refractivity contribution is 5.25. The van der Waals surface area contributed by atoms with Gasteiger partial charge >= 0.3 is 0 Å². The van der Waals surface area contributed by atoms with Crippen LogP contribution in [-0.4, -0.2) is 21.8 Å². The number of rotatable bonds is 2. The monoisotopic (exact) mass is 192 g/mol. The molecule has 2 saturated carbocycles. The Kier molecular flexibility index (Phi) is 1.60. The molecule has 0 radical (unpaired) electrons. The molecule has 3 rings (SSSR count). The van der Waals surface area contributed by atoms with Gasteiger partial charge in [-0.1, -0.05) is 0 Å². The minimum Gasteiger partial charge on any atom is -0.357 e. The van der Waals surface area contributed by atoms with Gasteiger partial charge in [-0.3, -0.25) is 0 Å². The summed E-state index contributed by atoms with van der Waals surface area (Å²) in [6, 6.07) is 0. The molecule has 2 fully saturated rings. The van der Waals surface area contributed by atoms with E-state index in [2.05, 4.69) is 20.1 Å². The van der Waals surface area contributed by atoms with Gasteiger partial charge in [-0.25, -0.2) is 0 Å². The van der Waals surface area contributed by atoms with Crippen molar-refractivity contribution in [2.24, 2.45) is 18.9 Å². The number of nitrogens with one attached hydrogen (secondary N) is 1. The van der Waals surface area contributed by atoms with E-state index < -0.39 is 0 Å². The maximum Gasteiger partial charge on any atom is 0.224 e. The second kappa shape index (κ2) is 2.72. The van der Waals surface area contributed by atoms with Crippen molar-refractivity contribution in [1.29, 1.82) is 0 Å². The van der Waals surface area contributed by atoms with Crippen LogP contribution in [0.15, 0.2) is 0 Å². The molecule has 0 aromatic carbocycles. The van der Waals surface area contributed by atoms with Crippen molar-refractivity contribution in [3.63, 3.8) is 0 Å². The largest absolute Gasteiger partial charge is 0.357 e. The van der Waals surface area contributed by atoms with Gasteiger partial charge in [0.05, 0.1) is 0 Å². The quantitative estimate of drug-likeness (QED) is 0.769. The molecule has 2 aliphatic carbocycles. The molecule has 1 aromatic heterocycles. The van der Waals surface area contributed by atoms with Crippen molar-refractivity contribution >= 4 is 5.95 Å². The smallest absolute Gasteiger partial charge is 0.224 e. The van der Waals surface area contributed by atoms with Crippen LogP contribution in [0.3, 0.4) is 0 Å². The fraction of sp³-hybridized carbons (Fsp3) is 0.800. The second-order valence-electron chi connectivity index (χ2n) is 4.62. The van der Waals surface area contributed by atoms with Gasteiger partial charge in [0.2, 0.25) is 5.95 Å². The van der Waals surface area contributed by atoms with E-state index in [1.807, 2.05) is 14.1 Å². The van der Waals surface area contributed by atoms with E-state index >= 15 is 0 Å². The van der Waals surface area contributed by atoms with E-state index in [1.54, 1.807) is 0 Å². The van der Waals surface area contributed by atoms with Gasteiger partial charge in [-0.15, -0.1) is 10.2 Å². The fourth-order valence-electron chi connectivity index (χ4n) is 2.84. The maximum absolute atomic E-state index is 4.27. The molecule has 0 spiro atoms. The molecule has 14 heavy (non-hydrogen) atoms. The van der Waals surface area contributed by atoms with Crippen LogP contribution in [0.4, 0.5) is 5.95 Å². The summed E-state index contributed by atoms with van der Waals surface area (Å²) in [4.78, 5) is 0. The summed E-state index contributed by atoms with van der Waals surface area (Å²) in [7, 11) is 3.94. The zero-order valence-electron chi connectivity index (χ0n) is 8.70. The van der Waals surface area contributed by atoms with Crippen LogP contribution in [0, 0.1) is 11.8 Å². The minimum atomic E-state index is 0.665. The molecule has 0 saturated heterocycles. The van der Waals surface area contributed by atoms with Crippen molar-refractivity contribution in [1.82, 2.24) is 14.8 Å². The number of aromatic nitrogens is 3. The van der Waals surface area contributed by atoms with Crippen molar-refractivity contribution in [3.05, 3.63) is 5.82 Å². The van der Waals surface area contributed by atoms with Crippen LogP contribution >= 0.6 is 0 Å². The SMILES string of the molecule is CNc1nnc(C2CC3CC3C2)n1C. The van der Waals surface area contributed by atoms with Crippen LogP contribution in [0.25, 0.3) is 0 Å². The molecule has 0 bridgehead atoms. The summed E-state index contributed by atoms with van der Waals surface area (Å²) in [5, 5.41) is 11.4. The normalized spacial score (nSPS) is 34.3. The Balaban J connectivity index is 1.85. The molecular formula is C10H16N4.